The van der Waals surface area contributed by atoms with Crippen LogP contribution in [0, 0.1) is 6.92 Å². The summed E-state index contributed by atoms with van der Waals surface area (Å²) < 4.78 is 2.21. The number of carbonyl (C=O) groups is 1. The first-order valence-corrected chi connectivity index (χ1v) is 9.59. The fraction of sp³-hybridized carbons (Fsp3) is 0.188. The normalized spacial score (nSPS) is 11.0. The van der Waals surface area contributed by atoms with E-state index in [0.717, 1.165) is 9.75 Å². The second-order valence-corrected chi connectivity index (χ2v) is 8.00. The van der Waals surface area contributed by atoms with Crippen molar-refractivity contribution in [1.29, 1.82) is 0 Å². The second-order valence-electron chi connectivity index (χ2n) is 4.86. The monoisotopic (exact) mass is 362 g/mol. The molecule has 0 bridgehead atoms. The quantitative estimate of drug-likeness (QED) is 0.288. The number of carbonyl (C=O) groups excluding carboxylic acids is 1. The van der Waals surface area contributed by atoms with E-state index in [2.05, 4.69) is 11.6 Å². The number of hydrogen-bond acceptors (Lipinski definition) is 6. The zero-order valence-corrected chi connectivity index (χ0v) is 14.9. The molecule has 0 fully saturated rings. The van der Waals surface area contributed by atoms with Gasteiger partial charge in [-0.05, 0) is 30.5 Å². The summed E-state index contributed by atoms with van der Waals surface area (Å²) >= 11 is 4.17. The Morgan fingerprint density at radius 1 is 1.43 bits per heavy atom. The van der Waals surface area contributed by atoms with Crippen LogP contribution in [0.3, 0.4) is 0 Å². The number of ketones is 1. The predicted octanol–water partition coefficient (Wildman–Crippen LogP) is 3.99. The molecule has 0 amide bonds. The van der Waals surface area contributed by atoms with E-state index in [1.807, 2.05) is 30.5 Å². The molecule has 0 saturated carbocycles. The van der Waals surface area contributed by atoms with E-state index in [0.29, 0.717) is 21.9 Å². The summed E-state index contributed by atoms with van der Waals surface area (Å²) in [7, 11) is 0. The summed E-state index contributed by atoms with van der Waals surface area (Å²) in [4.78, 5) is 31.1. The molecule has 0 aromatic carbocycles. The van der Waals surface area contributed by atoms with Gasteiger partial charge in [-0.25, -0.2) is 4.98 Å². The third kappa shape index (κ3) is 3.31. The van der Waals surface area contributed by atoms with E-state index >= 15 is 0 Å². The van der Waals surface area contributed by atoms with Crippen molar-refractivity contribution < 1.29 is 4.79 Å². The van der Waals surface area contributed by atoms with E-state index in [-0.39, 0.29) is 17.1 Å². The van der Waals surface area contributed by atoms with Gasteiger partial charge in [0, 0.05) is 11.4 Å². The van der Waals surface area contributed by atoms with Gasteiger partial charge in [0.05, 0.1) is 16.1 Å². The van der Waals surface area contributed by atoms with Crippen LogP contribution >= 0.6 is 34.4 Å². The van der Waals surface area contributed by atoms with Crippen LogP contribution in [0.5, 0.6) is 0 Å². The van der Waals surface area contributed by atoms with Gasteiger partial charge < -0.3 is 0 Å². The van der Waals surface area contributed by atoms with Gasteiger partial charge in [-0.15, -0.1) is 29.3 Å². The Bertz CT molecular complexity index is 936. The summed E-state index contributed by atoms with van der Waals surface area (Å²) in [6, 6.07) is 5.61. The molecule has 0 spiro atoms. The van der Waals surface area contributed by atoms with Crippen LogP contribution < -0.4 is 5.56 Å². The lowest BCUT2D eigenvalue weighted by Gasteiger charge is -2.09. The Balaban J connectivity index is 1.89. The fourth-order valence-corrected chi connectivity index (χ4v) is 4.68. The molecule has 0 aliphatic rings. The van der Waals surface area contributed by atoms with Crippen LogP contribution in [0.2, 0.25) is 0 Å². The highest BCUT2D eigenvalue weighted by Crippen LogP contribution is 2.23. The van der Waals surface area contributed by atoms with E-state index in [1.54, 1.807) is 10.6 Å². The minimum Gasteiger partial charge on any atom is -0.292 e. The lowest BCUT2D eigenvalue weighted by atomic mass is 10.3. The highest BCUT2D eigenvalue weighted by molar-refractivity contribution is 7.99. The zero-order valence-electron chi connectivity index (χ0n) is 12.4. The van der Waals surface area contributed by atoms with Crippen molar-refractivity contribution in [1.82, 2.24) is 9.55 Å². The Kier molecular flexibility index (Phi) is 4.79. The Morgan fingerprint density at radius 2 is 2.26 bits per heavy atom. The molecule has 0 radical (unpaired) electrons. The number of thioether (sulfide) groups is 1. The number of aromatic nitrogens is 2. The van der Waals surface area contributed by atoms with Crippen molar-refractivity contribution in [3.63, 3.8) is 0 Å². The smallest absolute Gasteiger partial charge is 0.272 e. The molecule has 3 rings (SSSR count). The Morgan fingerprint density at radius 3 is 2.96 bits per heavy atom. The first kappa shape index (κ1) is 16.2. The minimum absolute atomic E-state index is 0.0536. The molecular formula is C16H14N2O2S3. The van der Waals surface area contributed by atoms with Crippen molar-refractivity contribution in [2.24, 2.45) is 0 Å². The molecule has 0 aliphatic carbocycles. The molecule has 0 unspecified atom stereocenters. The van der Waals surface area contributed by atoms with Gasteiger partial charge in [-0.2, -0.15) is 0 Å². The van der Waals surface area contributed by atoms with Crippen LogP contribution in [0.4, 0.5) is 0 Å². The highest BCUT2D eigenvalue weighted by atomic mass is 32.2. The van der Waals surface area contributed by atoms with Crippen LogP contribution in [0.25, 0.3) is 10.2 Å². The average Bonchev–Trinajstić information content (AvgIpc) is 3.17. The summed E-state index contributed by atoms with van der Waals surface area (Å²) in [6.07, 6.45) is 1.66. The van der Waals surface area contributed by atoms with E-state index in [4.69, 9.17) is 0 Å². The second kappa shape index (κ2) is 6.82. The maximum atomic E-state index is 12.5. The van der Waals surface area contributed by atoms with Crippen molar-refractivity contribution in [2.75, 3.05) is 5.75 Å². The van der Waals surface area contributed by atoms with Crippen molar-refractivity contribution in [3.05, 3.63) is 56.3 Å². The molecule has 3 aromatic heterocycles. The summed E-state index contributed by atoms with van der Waals surface area (Å²) in [5.74, 6) is 0.317. The van der Waals surface area contributed by atoms with Gasteiger partial charge >= 0.3 is 0 Å². The van der Waals surface area contributed by atoms with Gasteiger partial charge in [0.2, 0.25) is 0 Å². The maximum Gasteiger partial charge on any atom is 0.272 e. The van der Waals surface area contributed by atoms with Crippen LogP contribution in [0.1, 0.15) is 14.5 Å². The van der Waals surface area contributed by atoms with Gasteiger partial charge in [-0.1, -0.05) is 17.8 Å². The number of rotatable bonds is 6. The highest BCUT2D eigenvalue weighted by Gasteiger charge is 2.15. The Labute approximate surface area is 145 Å². The molecule has 4 nitrogen and oxygen atoms in total. The minimum atomic E-state index is -0.0770. The molecule has 3 heterocycles. The number of fused-ring (bicyclic) bond motifs is 1. The van der Waals surface area contributed by atoms with Gasteiger partial charge in [0.1, 0.15) is 4.70 Å². The van der Waals surface area contributed by atoms with E-state index in [1.165, 1.54) is 34.4 Å². The molecule has 0 aliphatic heterocycles. The van der Waals surface area contributed by atoms with E-state index < -0.39 is 0 Å². The van der Waals surface area contributed by atoms with Crippen molar-refractivity contribution in [2.45, 2.75) is 18.6 Å². The molecule has 7 heteroatoms. The largest absolute Gasteiger partial charge is 0.292 e. The van der Waals surface area contributed by atoms with Crippen molar-refractivity contribution in [3.8, 4) is 0 Å². The SMILES string of the molecule is C=CCn1c(SCC(=O)c2ccc(C)s2)nc2ccsc2c1=O. The predicted molar refractivity (Wildman–Crippen MR) is 98.2 cm³/mol. The third-order valence-electron chi connectivity index (χ3n) is 3.19. The molecule has 0 saturated heterocycles. The number of aryl methyl sites for hydroxylation is 1. The molecule has 0 atom stereocenters. The number of Topliss-reactive ketones (excluding diaryl/α,β-unsaturated/α-hetero) is 1. The van der Waals surface area contributed by atoms with Gasteiger partial charge in [-0.3, -0.25) is 14.2 Å². The number of hydrogen-bond donors (Lipinski definition) is 0. The number of thiophene rings is 2. The van der Waals surface area contributed by atoms with Gasteiger partial charge in [0.15, 0.2) is 10.9 Å². The lowest BCUT2D eigenvalue weighted by molar-refractivity contribution is 0.102. The summed E-state index contributed by atoms with van der Waals surface area (Å²) in [5, 5.41) is 2.41. The maximum absolute atomic E-state index is 12.5. The Hall–Kier alpha value is -1.70. The number of allylic oxidation sites excluding steroid dienone is 1. The summed E-state index contributed by atoms with van der Waals surface area (Å²) in [5.41, 5.74) is 0.606. The molecule has 118 valence electrons. The first-order valence-electron chi connectivity index (χ1n) is 6.91. The summed E-state index contributed by atoms with van der Waals surface area (Å²) in [6.45, 7) is 6.05. The molecular weight excluding hydrogens is 348 g/mol. The van der Waals surface area contributed by atoms with Crippen molar-refractivity contribution >= 4 is 50.4 Å². The molecule has 0 N–H and O–H groups in total. The lowest BCUT2D eigenvalue weighted by Crippen LogP contribution is -2.22. The average molecular weight is 363 g/mol. The first-order chi connectivity index (χ1) is 11.1. The molecule has 3 aromatic rings. The third-order valence-corrected chi connectivity index (χ3v) is 6.10. The molecule has 23 heavy (non-hydrogen) atoms. The van der Waals surface area contributed by atoms with E-state index in [9.17, 15) is 9.59 Å². The number of nitrogens with zero attached hydrogens (tertiary/aromatic N) is 2. The van der Waals surface area contributed by atoms with Crippen LogP contribution in [-0.4, -0.2) is 21.1 Å². The zero-order chi connectivity index (χ0) is 16.4. The standard InChI is InChI=1S/C16H14N2O2S3/c1-3-7-18-15(20)14-11(6-8-21-14)17-16(18)22-9-12(19)13-5-4-10(2)23-13/h3-6,8H,1,7,9H2,2H3. The fourth-order valence-electron chi connectivity index (χ4n) is 2.11. The van der Waals surface area contributed by atoms with Crippen LogP contribution in [-0.2, 0) is 6.54 Å². The van der Waals surface area contributed by atoms with Crippen LogP contribution in [0.15, 0.2) is 46.2 Å². The van der Waals surface area contributed by atoms with Gasteiger partial charge in [0.25, 0.3) is 5.56 Å². The topological polar surface area (TPSA) is 52.0 Å².